The Bertz CT molecular complexity index is 1030. The zero-order valence-corrected chi connectivity index (χ0v) is 22.6. The van der Waals surface area contributed by atoms with Crippen LogP contribution in [0.4, 0.5) is 10.1 Å². The Morgan fingerprint density at radius 1 is 1.03 bits per heavy atom. The summed E-state index contributed by atoms with van der Waals surface area (Å²) in [6.07, 6.45) is 6.04. The molecule has 3 N–H and O–H groups in total. The zero-order valence-electron chi connectivity index (χ0n) is 22.6. The summed E-state index contributed by atoms with van der Waals surface area (Å²) in [4.78, 5) is 4.83. The fourth-order valence-electron chi connectivity index (χ4n) is 3.72. The van der Waals surface area contributed by atoms with Gasteiger partial charge in [-0.15, -0.1) is 0 Å². The molecule has 0 bridgehead atoms. The van der Waals surface area contributed by atoms with Crippen molar-refractivity contribution >= 4 is 11.4 Å². The van der Waals surface area contributed by atoms with E-state index in [2.05, 4.69) is 80.2 Å². The van der Waals surface area contributed by atoms with Gasteiger partial charge in [0.2, 0.25) is 0 Å². The van der Waals surface area contributed by atoms with Crippen LogP contribution in [0.3, 0.4) is 0 Å². The molecule has 0 aliphatic heterocycles. The van der Waals surface area contributed by atoms with Gasteiger partial charge >= 0.3 is 0 Å². The average molecular weight is 491 g/mol. The minimum Gasteiger partial charge on any atom is -0.378 e. The molecule has 0 saturated carbocycles. The molecule has 0 aromatic heterocycles. The number of anilines is 1. The number of rotatable bonds is 15. The first-order chi connectivity index (χ1) is 17.2. The van der Waals surface area contributed by atoms with Gasteiger partial charge in [0.1, 0.15) is 17.8 Å². The van der Waals surface area contributed by atoms with Crippen molar-refractivity contribution in [3.63, 3.8) is 0 Å². The second-order valence-corrected chi connectivity index (χ2v) is 9.45. The van der Waals surface area contributed by atoms with E-state index < -0.39 is 6.17 Å². The minimum atomic E-state index is -0.855. The maximum atomic E-state index is 13.3. The Hall–Kier alpha value is -3.34. The van der Waals surface area contributed by atoms with E-state index in [-0.39, 0.29) is 6.04 Å². The molecule has 4 nitrogen and oxygen atoms in total. The molecule has 0 aliphatic rings. The number of unbranched alkanes of at least 4 members (excludes halogenated alkanes) is 3. The quantitative estimate of drug-likeness (QED) is 0.174. The Balaban J connectivity index is 2.06. The predicted octanol–water partition coefficient (Wildman–Crippen LogP) is 8.12. The summed E-state index contributed by atoms with van der Waals surface area (Å²) >= 11 is 0. The Morgan fingerprint density at radius 2 is 1.69 bits per heavy atom. The van der Waals surface area contributed by atoms with Crippen LogP contribution in [-0.2, 0) is 6.42 Å². The number of aryl methyl sites for hydroxylation is 1. The maximum Gasteiger partial charge on any atom is 0.127 e. The van der Waals surface area contributed by atoms with Gasteiger partial charge < -0.3 is 16.0 Å². The van der Waals surface area contributed by atoms with Crippen LogP contribution in [0.2, 0.25) is 0 Å². The number of hydrogen-bond acceptors (Lipinski definition) is 4. The number of hydrogen-bond donors (Lipinski definition) is 3. The number of allylic oxidation sites excluding steroid dienone is 2. The molecule has 2 rings (SSSR count). The van der Waals surface area contributed by atoms with Crippen LogP contribution >= 0.6 is 0 Å². The Kier molecular flexibility index (Phi) is 12.0. The fourth-order valence-corrected chi connectivity index (χ4v) is 3.72. The van der Waals surface area contributed by atoms with Gasteiger partial charge in [0.05, 0.1) is 5.71 Å². The molecule has 0 amide bonds. The molecular formula is C31H43FN4. The lowest BCUT2D eigenvalue weighted by Gasteiger charge is -2.19. The van der Waals surface area contributed by atoms with E-state index in [0.717, 1.165) is 41.3 Å². The molecule has 0 fully saturated rings. The topological polar surface area (TPSA) is 48.5 Å². The lowest BCUT2D eigenvalue weighted by atomic mass is 10.1. The Morgan fingerprint density at radius 3 is 2.31 bits per heavy atom. The van der Waals surface area contributed by atoms with Crippen molar-refractivity contribution in [2.45, 2.75) is 78.9 Å². The third-order valence-electron chi connectivity index (χ3n) is 5.88. The highest BCUT2D eigenvalue weighted by Gasteiger charge is 2.09. The van der Waals surface area contributed by atoms with Crippen molar-refractivity contribution < 1.29 is 4.39 Å². The molecule has 2 aromatic carbocycles. The molecule has 36 heavy (non-hydrogen) atoms. The molecule has 2 atom stereocenters. The summed E-state index contributed by atoms with van der Waals surface area (Å²) in [5.74, 6) is 1.35. The highest BCUT2D eigenvalue weighted by Crippen LogP contribution is 2.16. The predicted molar refractivity (Wildman–Crippen MR) is 154 cm³/mol. The van der Waals surface area contributed by atoms with E-state index in [1.54, 1.807) is 6.92 Å². The van der Waals surface area contributed by atoms with Crippen LogP contribution < -0.4 is 16.0 Å². The second kappa shape index (κ2) is 14.9. The lowest BCUT2D eigenvalue weighted by Crippen LogP contribution is -2.23. The molecule has 0 saturated heterocycles. The van der Waals surface area contributed by atoms with Crippen LogP contribution in [0.5, 0.6) is 0 Å². The van der Waals surface area contributed by atoms with Crippen molar-refractivity contribution in [2.75, 3.05) is 5.32 Å². The van der Waals surface area contributed by atoms with E-state index in [9.17, 15) is 4.39 Å². The molecule has 5 heteroatoms. The van der Waals surface area contributed by atoms with Crippen LogP contribution in [0.25, 0.3) is 0 Å². The third kappa shape index (κ3) is 10.5. The highest BCUT2D eigenvalue weighted by atomic mass is 19.1. The van der Waals surface area contributed by atoms with Crippen LogP contribution in [0, 0.1) is 6.92 Å². The van der Waals surface area contributed by atoms with Crippen molar-refractivity contribution in [3.05, 3.63) is 102 Å². The number of halogens is 1. The molecule has 2 aromatic rings. The SMILES string of the molecule is C=C(NC(=C/CCCCC)/N=C(\C)C(=C)NC(C)c1ccc(C)cc1)Nc1ccc(CC(C)F)cc1. The van der Waals surface area contributed by atoms with Gasteiger partial charge in [-0.05, 0) is 69.9 Å². The number of nitrogens with zero attached hydrogens (tertiary/aromatic N) is 1. The number of nitrogens with one attached hydrogen (secondary N) is 3. The second-order valence-electron chi connectivity index (χ2n) is 9.45. The monoisotopic (exact) mass is 490 g/mol. The van der Waals surface area contributed by atoms with E-state index >= 15 is 0 Å². The van der Waals surface area contributed by atoms with Crippen molar-refractivity contribution in [1.82, 2.24) is 10.6 Å². The van der Waals surface area contributed by atoms with Crippen molar-refractivity contribution in [1.29, 1.82) is 0 Å². The number of aliphatic imine (C=N–C) groups is 1. The van der Waals surface area contributed by atoms with Gasteiger partial charge in [-0.25, -0.2) is 9.38 Å². The summed E-state index contributed by atoms with van der Waals surface area (Å²) in [6, 6.07) is 16.3. The van der Waals surface area contributed by atoms with Crippen molar-refractivity contribution in [3.8, 4) is 0 Å². The standard InChI is InChI=1S/C31H43FN4/c1-8-9-10-11-12-31(36-27(7)35-30-19-15-28(16-20-30)21-23(3)32)34-25(5)24(4)33-26(6)29-17-13-22(2)14-18-29/h12-20,23,26,33,35-36H,4,7-11,21H2,1-3,5-6H3/b31-12+,34-25+. The molecule has 0 heterocycles. The maximum absolute atomic E-state index is 13.3. The number of benzene rings is 2. The third-order valence-corrected chi connectivity index (χ3v) is 5.88. The van der Waals surface area contributed by atoms with Gasteiger partial charge in [-0.1, -0.05) is 74.9 Å². The number of alkyl halides is 1. The molecule has 0 radical (unpaired) electrons. The first kappa shape index (κ1) is 28.9. The van der Waals surface area contributed by atoms with Gasteiger partial charge in [-0.3, -0.25) is 0 Å². The summed E-state index contributed by atoms with van der Waals surface area (Å²) in [5, 5.41) is 10.0. The van der Waals surface area contributed by atoms with Gasteiger partial charge in [0, 0.05) is 23.8 Å². The average Bonchev–Trinajstić information content (AvgIpc) is 2.83. The molecule has 194 valence electrons. The minimum absolute atomic E-state index is 0.119. The molecule has 2 unspecified atom stereocenters. The molecule has 0 spiro atoms. The Labute approximate surface area is 217 Å². The smallest absolute Gasteiger partial charge is 0.127 e. The molecule has 0 aliphatic carbocycles. The zero-order chi connectivity index (χ0) is 26.5. The van der Waals surface area contributed by atoms with Gasteiger partial charge in [-0.2, -0.15) is 0 Å². The lowest BCUT2D eigenvalue weighted by molar-refractivity contribution is 0.360. The normalized spacial score (nSPS) is 13.6. The van der Waals surface area contributed by atoms with Crippen LogP contribution in [0.1, 0.15) is 76.1 Å². The van der Waals surface area contributed by atoms with E-state index in [1.807, 2.05) is 31.2 Å². The van der Waals surface area contributed by atoms with Crippen LogP contribution in [0.15, 0.2) is 90.1 Å². The van der Waals surface area contributed by atoms with Crippen LogP contribution in [-0.4, -0.2) is 11.9 Å². The molecular weight excluding hydrogens is 447 g/mol. The first-order valence-corrected chi connectivity index (χ1v) is 12.9. The van der Waals surface area contributed by atoms with Crippen molar-refractivity contribution in [2.24, 2.45) is 4.99 Å². The highest BCUT2D eigenvalue weighted by molar-refractivity contribution is 5.97. The first-order valence-electron chi connectivity index (χ1n) is 12.9. The summed E-state index contributed by atoms with van der Waals surface area (Å²) in [5.41, 5.74) is 5.88. The summed E-state index contributed by atoms with van der Waals surface area (Å²) < 4.78 is 13.3. The van der Waals surface area contributed by atoms with E-state index in [4.69, 9.17) is 4.99 Å². The fraction of sp³-hybridized carbons (Fsp3) is 0.387. The van der Waals surface area contributed by atoms with E-state index in [0.29, 0.717) is 12.2 Å². The summed E-state index contributed by atoms with van der Waals surface area (Å²) in [6.45, 7) is 18.3. The van der Waals surface area contributed by atoms with E-state index in [1.165, 1.54) is 24.0 Å². The summed E-state index contributed by atoms with van der Waals surface area (Å²) in [7, 11) is 0. The van der Waals surface area contributed by atoms with Gasteiger partial charge in [0.25, 0.3) is 0 Å². The largest absolute Gasteiger partial charge is 0.378 e. The van der Waals surface area contributed by atoms with Gasteiger partial charge in [0.15, 0.2) is 0 Å².